The zero-order valence-corrected chi connectivity index (χ0v) is 18.3. The van der Waals surface area contributed by atoms with E-state index in [9.17, 15) is 0 Å². The van der Waals surface area contributed by atoms with Crippen LogP contribution in [0.3, 0.4) is 0 Å². The quantitative estimate of drug-likeness (QED) is 0.223. The minimum Gasteiger partial charge on any atom is -0.373 e. The second-order valence-corrected chi connectivity index (χ2v) is 11.4. The van der Waals surface area contributed by atoms with Gasteiger partial charge in [-0.2, -0.15) is 0 Å². The third kappa shape index (κ3) is 4.29. The van der Waals surface area contributed by atoms with Crippen LogP contribution in [-0.2, 0) is 13.3 Å². The van der Waals surface area contributed by atoms with Gasteiger partial charge in [0.05, 0.1) is 0 Å². The molecule has 26 heavy (non-hydrogen) atoms. The molecule has 3 aliphatic rings. The number of allylic oxidation sites excluding steroid dienone is 2. The molecule has 3 nitrogen and oxygen atoms in total. The molecule has 0 amide bonds. The van der Waals surface area contributed by atoms with E-state index >= 15 is 0 Å². The van der Waals surface area contributed by atoms with Gasteiger partial charge in [0.1, 0.15) is 0 Å². The Morgan fingerprint density at radius 3 is 1.92 bits per heavy atom. The van der Waals surface area contributed by atoms with Crippen molar-refractivity contribution in [2.24, 2.45) is 23.7 Å². The summed E-state index contributed by atoms with van der Waals surface area (Å²) in [6.45, 7) is 9.10. The fraction of sp³-hybridized carbons (Fsp3) is 0.909. The van der Waals surface area contributed by atoms with Crippen LogP contribution >= 0.6 is 0 Å². The van der Waals surface area contributed by atoms with Crippen LogP contribution in [0.25, 0.3) is 0 Å². The fourth-order valence-electron chi connectivity index (χ4n) is 5.47. The zero-order chi connectivity index (χ0) is 18.4. The van der Waals surface area contributed by atoms with Crippen LogP contribution in [0.15, 0.2) is 12.2 Å². The highest BCUT2D eigenvalue weighted by atomic mass is 28.4. The Kier molecular flexibility index (Phi) is 7.80. The fourth-order valence-corrected chi connectivity index (χ4v) is 9.13. The van der Waals surface area contributed by atoms with Crippen LogP contribution in [0, 0.1) is 23.7 Å². The highest BCUT2D eigenvalue weighted by Crippen LogP contribution is 2.63. The Balaban J connectivity index is 1.75. The van der Waals surface area contributed by atoms with E-state index in [1.165, 1.54) is 38.5 Å². The summed E-state index contributed by atoms with van der Waals surface area (Å²) in [5, 5.41) is 0. The first-order valence-electron chi connectivity index (χ1n) is 11.3. The maximum Gasteiger partial charge on any atom is 0.504 e. The predicted octanol–water partition coefficient (Wildman–Crippen LogP) is 5.98. The molecule has 5 atom stereocenters. The lowest BCUT2D eigenvalue weighted by atomic mass is 9.81. The molecule has 2 fully saturated rings. The van der Waals surface area contributed by atoms with Gasteiger partial charge in [0.25, 0.3) is 0 Å². The van der Waals surface area contributed by atoms with Crippen molar-refractivity contribution >= 4 is 8.80 Å². The normalized spacial score (nSPS) is 32.5. The van der Waals surface area contributed by atoms with E-state index in [0.717, 1.165) is 62.8 Å². The van der Waals surface area contributed by atoms with Crippen molar-refractivity contribution in [3.05, 3.63) is 12.2 Å². The molecule has 2 saturated carbocycles. The summed E-state index contributed by atoms with van der Waals surface area (Å²) in [5.74, 6) is 3.28. The van der Waals surface area contributed by atoms with Crippen LogP contribution in [0.2, 0.25) is 5.54 Å². The SMILES string of the molecule is CCCCO[Si](OCCCC)(OCCCC)C1CC2CC1C1C=CCC21. The van der Waals surface area contributed by atoms with Gasteiger partial charge in [-0.3, -0.25) is 0 Å². The number of unbranched alkanes of at least 4 members (excludes halogenated alkanes) is 3. The van der Waals surface area contributed by atoms with Crippen molar-refractivity contribution in [1.82, 2.24) is 0 Å². The molecule has 0 radical (unpaired) electrons. The summed E-state index contributed by atoms with van der Waals surface area (Å²) in [4.78, 5) is 0. The molecule has 0 aromatic carbocycles. The van der Waals surface area contributed by atoms with Gasteiger partial charge in [0.15, 0.2) is 0 Å². The van der Waals surface area contributed by atoms with Crippen molar-refractivity contribution in [2.45, 2.75) is 84.1 Å². The van der Waals surface area contributed by atoms with Crippen LogP contribution in [0.1, 0.15) is 78.6 Å². The van der Waals surface area contributed by atoms with E-state index in [4.69, 9.17) is 13.3 Å². The minimum absolute atomic E-state index is 0.530. The highest BCUT2D eigenvalue weighted by Gasteiger charge is 2.63. The lowest BCUT2D eigenvalue weighted by molar-refractivity contribution is 0.0356. The summed E-state index contributed by atoms with van der Waals surface area (Å²) >= 11 is 0. The first-order chi connectivity index (χ1) is 12.8. The van der Waals surface area contributed by atoms with Crippen LogP contribution in [0.4, 0.5) is 0 Å². The summed E-state index contributed by atoms with van der Waals surface area (Å²) in [6.07, 6.45) is 15.7. The largest absolute Gasteiger partial charge is 0.504 e. The van der Waals surface area contributed by atoms with Gasteiger partial charge in [-0.1, -0.05) is 52.2 Å². The molecule has 4 heteroatoms. The second-order valence-electron chi connectivity index (χ2n) is 8.62. The Labute approximate surface area is 162 Å². The molecule has 5 unspecified atom stereocenters. The first-order valence-corrected chi connectivity index (χ1v) is 13.1. The van der Waals surface area contributed by atoms with Gasteiger partial charge in [-0.25, -0.2) is 0 Å². The summed E-state index contributed by atoms with van der Waals surface area (Å²) in [7, 11) is -2.62. The van der Waals surface area contributed by atoms with E-state index in [-0.39, 0.29) is 0 Å². The molecule has 3 aliphatic carbocycles. The second kappa shape index (κ2) is 9.86. The maximum absolute atomic E-state index is 6.62. The van der Waals surface area contributed by atoms with E-state index in [2.05, 4.69) is 32.9 Å². The zero-order valence-electron chi connectivity index (χ0n) is 17.3. The van der Waals surface area contributed by atoms with Crippen molar-refractivity contribution in [1.29, 1.82) is 0 Å². The number of fused-ring (bicyclic) bond motifs is 5. The van der Waals surface area contributed by atoms with Gasteiger partial charge in [0.2, 0.25) is 0 Å². The molecule has 0 aromatic heterocycles. The van der Waals surface area contributed by atoms with Crippen molar-refractivity contribution in [2.75, 3.05) is 19.8 Å². The third-order valence-corrected chi connectivity index (χ3v) is 10.3. The molecule has 150 valence electrons. The maximum atomic E-state index is 6.62. The number of rotatable bonds is 13. The molecular formula is C22H40O3Si. The predicted molar refractivity (Wildman–Crippen MR) is 109 cm³/mol. The molecule has 0 aromatic rings. The number of hydrogen-bond donors (Lipinski definition) is 0. The van der Waals surface area contributed by atoms with Gasteiger partial charge in [-0.15, -0.1) is 0 Å². The number of hydrogen-bond acceptors (Lipinski definition) is 3. The highest BCUT2D eigenvalue weighted by molar-refractivity contribution is 6.62. The lowest BCUT2D eigenvalue weighted by Gasteiger charge is -2.41. The molecule has 0 heterocycles. The summed E-state index contributed by atoms with van der Waals surface area (Å²) in [6, 6.07) is 0. The minimum atomic E-state index is -2.62. The Morgan fingerprint density at radius 1 is 0.808 bits per heavy atom. The molecular weight excluding hydrogens is 340 g/mol. The standard InChI is InChI=1S/C22H40O3Si/c1-4-7-13-23-26(24-14-8-5-2,25-15-9-6-3)22-17-18-16-21(22)20-12-10-11-19(18)20/h10,12,18-22H,4-9,11,13-17H2,1-3H3. The molecule has 0 N–H and O–H groups in total. The van der Waals surface area contributed by atoms with Gasteiger partial charge in [-0.05, 0) is 62.2 Å². The molecule has 0 aliphatic heterocycles. The average molecular weight is 381 g/mol. The van der Waals surface area contributed by atoms with Gasteiger partial charge >= 0.3 is 8.80 Å². The lowest BCUT2D eigenvalue weighted by Crippen LogP contribution is -2.53. The Hall–Kier alpha value is -0.163. The summed E-state index contributed by atoms with van der Waals surface area (Å²) < 4.78 is 19.9. The molecule has 0 saturated heterocycles. The smallest absolute Gasteiger partial charge is 0.373 e. The topological polar surface area (TPSA) is 27.7 Å². The molecule has 3 rings (SSSR count). The third-order valence-electron chi connectivity index (χ3n) is 6.87. The average Bonchev–Trinajstić information content (AvgIpc) is 3.35. The van der Waals surface area contributed by atoms with Crippen LogP contribution in [-0.4, -0.2) is 28.6 Å². The Bertz CT molecular complexity index is 426. The molecule has 0 spiro atoms. The van der Waals surface area contributed by atoms with Gasteiger partial charge in [0, 0.05) is 25.4 Å². The van der Waals surface area contributed by atoms with E-state index in [0.29, 0.717) is 5.54 Å². The Morgan fingerprint density at radius 2 is 1.38 bits per heavy atom. The van der Waals surface area contributed by atoms with E-state index < -0.39 is 8.80 Å². The van der Waals surface area contributed by atoms with E-state index in [1.807, 2.05) is 0 Å². The van der Waals surface area contributed by atoms with E-state index in [1.54, 1.807) is 0 Å². The summed E-state index contributed by atoms with van der Waals surface area (Å²) in [5.41, 5.74) is 0.530. The monoisotopic (exact) mass is 380 g/mol. The van der Waals surface area contributed by atoms with Gasteiger partial charge < -0.3 is 13.3 Å². The van der Waals surface area contributed by atoms with Crippen LogP contribution < -0.4 is 0 Å². The molecule has 2 bridgehead atoms. The first kappa shape index (κ1) is 20.6. The van der Waals surface area contributed by atoms with Crippen molar-refractivity contribution < 1.29 is 13.3 Å². The van der Waals surface area contributed by atoms with Crippen molar-refractivity contribution in [3.63, 3.8) is 0 Å². The van der Waals surface area contributed by atoms with Crippen molar-refractivity contribution in [3.8, 4) is 0 Å². The van der Waals surface area contributed by atoms with Crippen LogP contribution in [0.5, 0.6) is 0 Å².